The fraction of sp³-hybridized carbons (Fsp3) is 0.105. The highest BCUT2D eigenvalue weighted by Gasteiger charge is 2.18. The average Bonchev–Trinajstić information content (AvgIpc) is 2.67. The molecule has 8 nitrogen and oxygen atoms in total. The normalized spacial score (nSPS) is 11.1. The van der Waals surface area contributed by atoms with Gasteiger partial charge >= 0.3 is 5.69 Å². The van der Waals surface area contributed by atoms with Crippen molar-refractivity contribution in [3.8, 4) is 0 Å². The summed E-state index contributed by atoms with van der Waals surface area (Å²) in [5, 5.41) is 2.60. The molecule has 0 unspecified atom stereocenters. The van der Waals surface area contributed by atoms with Crippen molar-refractivity contribution in [2.45, 2.75) is 18.4 Å². The fourth-order valence-electron chi connectivity index (χ4n) is 2.56. The van der Waals surface area contributed by atoms with Crippen molar-refractivity contribution in [1.82, 2.24) is 9.55 Å². The molecule has 0 aliphatic heterocycles. The number of halogens is 1. The summed E-state index contributed by atoms with van der Waals surface area (Å²) < 4.78 is 30.1. The molecule has 1 amide bonds. The third-order valence-electron chi connectivity index (χ3n) is 3.95. The Morgan fingerprint density at radius 2 is 1.83 bits per heavy atom. The number of nitrogens with one attached hydrogen (secondary N) is 2. The van der Waals surface area contributed by atoms with Crippen LogP contribution in [-0.2, 0) is 21.4 Å². The zero-order chi connectivity index (χ0) is 21.0. The van der Waals surface area contributed by atoms with E-state index in [1.165, 1.54) is 18.5 Å². The number of carbonyl (C=O) groups is 1. The van der Waals surface area contributed by atoms with Crippen LogP contribution >= 0.6 is 15.9 Å². The molecule has 0 saturated carbocycles. The van der Waals surface area contributed by atoms with E-state index in [0.29, 0.717) is 16.9 Å². The molecule has 2 aromatic carbocycles. The monoisotopic (exact) mass is 476 g/mol. The molecule has 0 atom stereocenters. The molecule has 10 heteroatoms. The SMILES string of the molecule is Cc1ccc(NC(=O)Cn2cccnc2=O)cc1S(=O)(=O)Nc1ccc(Br)cc1. The van der Waals surface area contributed by atoms with Crippen LogP contribution in [0.1, 0.15) is 5.56 Å². The average molecular weight is 477 g/mol. The lowest BCUT2D eigenvalue weighted by Crippen LogP contribution is -2.28. The second-order valence-corrected chi connectivity index (χ2v) is 8.74. The van der Waals surface area contributed by atoms with Crippen molar-refractivity contribution in [1.29, 1.82) is 0 Å². The topological polar surface area (TPSA) is 110 Å². The van der Waals surface area contributed by atoms with E-state index in [0.717, 1.165) is 9.04 Å². The number of benzene rings is 2. The highest BCUT2D eigenvalue weighted by molar-refractivity contribution is 9.10. The molecule has 0 aliphatic rings. The van der Waals surface area contributed by atoms with Crippen molar-refractivity contribution >= 4 is 43.2 Å². The van der Waals surface area contributed by atoms with Gasteiger partial charge in [0.15, 0.2) is 0 Å². The van der Waals surface area contributed by atoms with Crippen LogP contribution < -0.4 is 15.7 Å². The Bertz CT molecular complexity index is 1210. The highest BCUT2D eigenvalue weighted by atomic mass is 79.9. The lowest BCUT2D eigenvalue weighted by molar-refractivity contribution is -0.116. The van der Waals surface area contributed by atoms with E-state index in [4.69, 9.17) is 0 Å². The van der Waals surface area contributed by atoms with E-state index >= 15 is 0 Å². The van der Waals surface area contributed by atoms with E-state index in [1.54, 1.807) is 49.4 Å². The minimum atomic E-state index is -3.86. The Hall–Kier alpha value is -2.98. The Morgan fingerprint density at radius 1 is 1.14 bits per heavy atom. The van der Waals surface area contributed by atoms with Gasteiger partial charge in [-0.3, -0.25) is 14.1 Å². The molecule has 2 N–H and O–H groups in total. The fourth-order valence-corrected chi connectivity index (χ4v) is 4.15. The molecule has 1 aromatic heterocycles. The van der Waals surface area contributed by atoms with Gasteiger partial charge in [0.25, 0.3) is 10.0 Å². The highest BCUT2D eigenvalue weighted by Crippen LogP contribution is 2.24. The molecule has 1 heterocycles. The van der Waals surface area contributed by atoms with Gasteiger partial charge in [0.05, 0.1) is 4.90 Å². The van der Waals surface area contributed by atoms with Crippen LogP contribution in [0.2, 0.25) is 0 Å². The van der Waals surface area contributed by atoms with Crippen LogP contribution in [0.3, 0.4) is 0 Å². The molecule has 150 valence electrons. The second kappa shape index (κ2) is 8.58. The van der Waals surface area contributed by atoms with Gasteiger partial charge in [-0.1, -0.05) is 22.0 Å². The first-order valence-corrected chi connectivity index (χ1v) is 10.7. The zero-order valence-corrected chi connectivity index (χ0v) is 17.7. The number of sulfonamides is 1. The molecule has 0 fully saturated rings. The maximum absolute atomic E-state index is 12.8. The summed E-state index contributed by atoms with van der Waals surface area (Å²) >= 11 is 3.30. The number of aryl methyl sites for hydroxylation is 1. The Labute approximate surface area is 175 Å². The second-order valence-electron chi connectivity index (χ2n) is 6.17. The van der Waals surface area contributed by atoms with Gasteiger partial charge < -0.3 is 5.32 Å². The minimum Gasteiger partial charge on any atom is -0.324 e. The summed E-state index contributed by atoms with van der Waals surface area (Å²) in [4.78, 5) is 27.5. The van der Waals surface area contributed by atoms with E-state index < -0.39 is 21.6 Å². The molecular weight excluding hydrogens is 460 g/mol. The predicted octanol–water partition coefficient (Wildman–Crippen LogP) is 2.75. The van der Waals surface area contributed by atoms with Crippen LogP contribution in [-0.4, -0.2) is 23.9 Å². The maximum Gasteiger partial charge on any atom is 0.347 e. The summed E-state index contributed by atoms with van der Waals surface area (Å²) in [7, 11) is -3.86. The van der Waals surface area contributed by atoms with Gasteiger partial charge in [-0.15, -0.1) is 0 Å². The minimum absolute atomic E-state index is 0.0387. The number of nitrogens with zero attached hydrogens (tertiary/aromatic N) is 2. The lowest BCUT2D eigenvalue weighted by atomic mass is 10.2. The van der Waals surface area contributed by atoms with Crippen LogP contribution in [0.4, 0.5) is 11.4 Å². The molecule has 0 spiro atoms. The summed E-state index contributed by atoms with van der Waals surface area (Å²) in [6, 6.07) is 12.8. The Morgan fingerprint density at radius 3 is 2.52 bits per heavy atom. The number of carbonyl (C=O) groups excluding carboxylic acids is 1. The third-order valence-corrected chi connectivity index (χ3v) is 6.01. The number of aromatic nitrogens is 2. The Balaban J connectivity index is 1.80. The van der Waals surface area contributed by atoms with Crippen LogP contribution in [0.25, 0.3) is 0 Å². The standard InChI is InChI=1S/C19H17BrN4O4S/c1-13-3-6-16(22-18(25)12-24-10-2-9-21-19(24)26)11-17(13)29(27,28)23-15-7-4-14(20)5-8-15/h2-11,23H,12H2,1H3,(H,22,25). The van der Waals surface area contributed by atoms with Crippen molar-refractivity contribution < 1.29 is 13.2 Å². The van der Waals surface area contributed by atoms with E-state index in [-0.39, 0.29) is 11.4 Å². The summed E-state index contributed by atoms with van der Waals surface area (Å²) in [6.07, 6.45) is 2.79. The molecule has 3 aromatic rings. The lowest BCUT2D eigenvalue weighted by Gasteiger charge is -2.13. The molecular formula is C19H17BrN4O4S. The van der Waals surface area contributed by atoms with Gasteiger partial charge in [-0.2, -0.15) is 0 Å². The van der Waals surface area contributed by atoms with Gasteiger partial charge in [0, 0.05) is 28.2 Å². The number of hydrogen-bond acceptors (Lipinski definition) is 5. The molecule has 0 saturated heterocycles. The van der Waals surface area contributed by atoms with E-state index in [9.17, 15) is 18.0 Å². The summed E-state index contributed by atoms with van der Waals surface area (Å²) in [6.45, 7) is 1.43. The van der Waals surface area contributed by atoms with Gasteiger partial charge in [-0.05, 0) is 55.0 Å². The molecule has 3 rings (SSSR count). The number of hydrogen-bond donors (Lipinski definition) is 2. The molecule has 0 radical (unpaired) electrons. The van der Waals surface area contributed by atoms with Gasteiger partial charge in [-0.25, -0.2) is 18.2 Å². The van der Waals surface area contributed by atoms with Crippen molar-refractivity contribution in [2.75, 3.05) is 10.0 Å². The van der Waals surface area contributed by atoms with Gasteiger partial charge in [0.2, 0.25) is 5.91 Å². The van der Waals surface area contributed by atoms with E-state index in [1.807, 2.05) is 0 Å². The number of rotatable bonds is 6. The van der Waals surface area contributed by atoms with Crippen LogP contribution in [0.5, 0.6) is 0 Å². The predicted molar refractivity (Wildman–Crippen MR) is 113 cm³/mol. The third kappa shape index (κ3) is 5.30. The molecule has 0 bridgehead atoms. The molecule has 0 aliphatic carbocycles. The first kappa shape index (κ1) is 20.7. The smallest absolute Gasteiger partial charge is 0.324 e. The molecule has 29 heavy (non-hydrogen) atoms. The zero-order valence-electron chi connectivity index (χ0n) is 15.3. The van der Waals surface area contributed by atoms with Crippen LogP contribution in [0, 0.1) is 6.92 Å². The van der Waals surface area contributed by atoms with Crippen molar-refractivity contribution in [3.63, 3.8) is 0 Å². The van der Waals surface area contributed by atoms with Crippen molar-refractivity contribution in [3.05, 3.63) is 81.4 Å². The number of anilines is 2. The van der Waals surface area contributed by atoms with Crippen LogP contribution in [0.15, 0.2) is 75.1 Å². The summed E-state index contributed by atoms with van der Waals surface area (Å²) in [5.41, 5.74) is 0.691. The maximum atomic E-state index is 12.8. The summed E-state index contributed by atoms with van der Waals surface area (Å²) in [5.74, 6) is -0.479. The number of amides is 1. The Kier molecular flexibility index (Phi) is 6.14. The van der Waals surface area contributed by atoms with Crippen molar-refractivity contribution in [2.24, 2.45) is 0 Å². The van der Waals surface area contributed by atoms with Gasteiger partial charge in [0.1, 0.15) is 6.54 Å². The first-order valence-electron chi connectivity index (χ1n) is 8.45. The first-order chi connectivity index (χ1) is 13.7. The largest absolute Gasteiger partial charge is 0.347 e. The van der Waals surface area contributed by atoms with E-state index in [2.05, 4.69) is 31.0 Å². The quantitative estimate of drug-likeness (QED) is 0.568.